The van der Waals surface area contributed by atoms with Gasteiger partial charge >= 0.3 is 0 Å². The molecular formula is C12H21. The van der Waals surface area contributed by atoms with E-state index in [0.29, 0.717) is 5.92 Å². The topological polar surface area (TPSA) is 0 Å². The average molecular weight is 165 g/mol. The fourth-order valence-corrected chi connectivity index (χ4v) is 1.04. The second-order valence-corrected chi connectivity index (χ2v) is 3.29. The third-order valence-corrected chi connectivity index (χ3v) is 2.13. The van der Waals surface area contributed by atoms with Gasteiger partial charge in [0.2, 0.25) is 0 Å². The molecule has 0 amide bonds. The largest absolute Gasteiger partial charge is 0.103 e. The molecule has 0 aromatic carbocycles. The monoisotopic (exact) mass is 165 g/mol. The van der Waals surface area contributed by atoms with Crippen LogP contribution >= 0.6 is 0 Å². The Balaban J connectivity index is 3.73. The third-order valence-electron chi connectivity index (χ3n) is 2.13. The molecule has 0 aromatic heterocycles. The van der Waals surface area contributed by atoms with Gasteiger partial charge in [-0.15, -0.1) is 6.58 Å². The van der Waals surface area contributed by atoms with Crippen molar-refractivity contribution in [2.24, 2.45) is 5.92 Å². The van der Waals surface area contributed by atoms with Gasteiger partial charge < -0.3 is 0 Å². The predicted molar refractivity (Wildman–Crippen MR) is 56.9 cm³/mol. The van der Waals surface area contributed by atoms with Crippen LogP contribution in [0, 0.1) is 12.3 Å². The molecule has 0 aliphatic carbocycles. The van der Waals surface area contributed by atoms with Crippen molar-refractivity contribution in [3.8, 4) is 0 Å². The van der Waals surface area contributed by atoms with Crippen LogP contribution < -0.4 is 0 Å². The number of hydrogen-bond donors (Lipinski definition) is 0. The normalized spacial score (nSPS) is 14.4. The molecule has 69 valence electrons. The molecule has 0 rings (SSSR count). The highest BCUT2D eigenvalue weighted by Gasteiger charge is 2.01. The number of unbranched alkanes of at least 4 members (excludes halogenated alkanes) is 1. The summed E-state index contributed by atoms with van der Waals surface area (Å²) in [5.41, 5.74) is 1.48. The van der Waals surface area contributed by atoms with Gasteiger partial charge in [-0.25, -0.2) is 0 Å². The molecule has 0 saturated carbocycles. The van der Waals surface area contributed by atoms with Crippen molar-refractivity contribution < 1.29 is 0 Å². The second-order valence-electron chi connectivity index (χ2n) is 3.29. The first-order valence-electron chi connectivity index (χ1n) is 4.83. The summed E-state index contributed by atoms with van der Waals surface area (Å²) in [6, 6.07) is 0. The number of allylic oxidation sites excluding steroid dienone is 3. The van der Waals surface area contributed by atoms with Crippen LogP contribution in [0.25, 0.3) is 0 Å². The maximum Gasteiger partial charge on any atom is -0.0200 e. The summed E-state index contributed by atoms with van der Waals surface area (Å²) < 4.78 is 0. The Morgan fingerprint density at radius 3 is 2.67 bits per heavy atom. The van der Waals surface area contributed by atoms with Gasteiger partial charge in [-0.05, 0) is 32.1 Å². The summed E-state index contributed by atoms with van der Waals surface area (Å²) >= 11 is 0. The van der Waals surface area contributed by atoms with Gasteiger partial charge in [-0.3, -0.25) is 0 Å². The van der Waals surface area contributed by atoms with Crippen molar-refractivity contribution >= 4 is 0 Å². The van der Waals surface area contributed by atoms with Gasteiger partial charge in [0.1, 0.15) is 0 Å². The minimum atomic E-state index is 0.606. The lowest BCUT2D eigenvalue weighted by Crippen LogP contribution is -1.96. The van der Waals surface area contributed by atoms with Crippen LogP contribution in [0.4, 0.5) is 0 Å². The molecule has 0 N–H and O–H groups in total. The molecule has 1 radical (unpaired) electrons. The molecule has 0 aromatic rings. The number of hydrogen-bond acceptors (Lipinski definition) is 0. The predicted octanol–water partition coefficient (Wildman–Crippen LogP) is 4.15. The van der Waals surface area contributed by atoms with E-state index in [1.54, 1.807) is 0 Å². The van der Waals surface area contributed by atoms with E-state index in [1.165, 1.54) is 18.4 Å². The summed E-state index contributed by atoms with van der Waals surface area (Å²) in [6.45, 7) is 10.4. The van der Waals surface area contributed by atoms with Crippen molar-refractivity contribution in [3.05, 3.63) is 30.7 Å². The third kappa shape index (κ3) is 5.17. The zero-order valence-corrected chi connectivity index (χ0v) is 8.64. The van der Waals surface area contributed by atoms with Crippen LogP contribution in [0.15, 0.2) is 24.3 Å². The van der Waals surface area contributed by atoms with Crippen molar-refractivity contribution in [2.75, 3.05) is 0 Å². The van der Waals surface area contributed by atoms with Gasteiger partial charge in [0.05, 0.1) is 0 Å². The van der Waals surface area contributed by atoms with Crippen LogP contribution in [0.2, 0.25) is 0 Å². The Morgan fingerprint density at radius 1 is 1.50 bits per heavy atom. The van der Waals surface area contributed by atoms with Crippen LogP contribution in [-0.2, 0) is 0 Å². The van der Waals surface area contributed by atoms with Crippen molar-refractivity contribution in [1.82, 2.24) is 0 Å². The lowest BCUT2D eigenvalue weighted by Gasteiger charge is -2.09. The highest BCUT2D eigenvalue weighted by atomic mass is 14.1. The van der Waals surface area contributed by atoms with Gasteiger partial charge in [0.15, 0.2) is 0 Å². The highest BCUT2D eigenvalue weighted by molar-refractivity contribution is 5.07. The van der Waals surface area contributed by atoms with Crippen LogP contribution in [0.3, 0.4) is 0 Å². The van der Waals surface area contributed by atoms with Crippen molar-refractivity contribution in [2.45, 2.75) is 40.0 Å². The van der Waals surface area contributed by atoms with E-state index < -0.39 is 0 Å². The van der Waals surface area contributed by atoms with E-state index >= 15 is 0 Å². The van der Waals surface area contributed by atoms with E-state index in [4.69, 9.17) is 0 Å². The first-order chi connectivity index (χ1) is 5.72. The van der Waals surface area contributed by atoms with Crippen LogP contribution in [0.5, 0.6) is 0 Å². The lowest BCUT2D eigenvalue weighted by atomic mass is 9.96. The zero-order chi connectivity index (χ0) is 9.40. The van der Waals surface area contributed by atoms with E-state index in [0.717, 1.165) is 6.42 Å². The zero-order valence-electron chi connectivity index (χ0n) is 8.64. The molecular weight excluding hydrogens is 144 g/mol. The molecule has 1 atom stereocenters. The minimum absolute atomic E-state index is 0.606. The Kier molecular flexibility index (Phi) is 6.84. The van der Waals surface area contributed by atoms with Crippen molar-refractivity contribution in [1.29, 1.82) is 0 Å². The Hall–Kier alpha value is -0.520. The molecule has 0 heterocycles. The molecule has 12 heavy (non-hydrogen) atoms. The van der Waals surface area contributed by atoms with Crippen molar-refractivity contribution in [3.63, 3.8) is 0 Å². The molecule has 0 heteroatoms. The van der Waals surface area contributed by atoms with E-state index in [1.807, 2.05) is 6.08 Å². The standard InChI is InChI=1S/C12H21/c1-5-7-9-11(3)12(4)10-8-6-2/h5,9-11H,1,6-8H2,2-4H3/b12-10-. The molecule has 0 aliphatic heterocycles. The van der Waals surface area contributed by atoms with Gasteiger partial charge in [-0.1, -0.05) is 38.0 Å². The average Bonchev–Trinajstić information content (AvgIpc) is 2.10. The first-order valence-corrected chi connectivity index (χ1v) is 4.83. The maximum absolute atomic E-state index is 3.70. The fraction of sp³-hybridized carbons (Fsp3) is 0.583. The number of rotatable bonds is 6. The second kappa shape index (κ2) is 7.15. The van der Waals surface area contributed by atoms with Gasteiger partial charge in [-0.2, -0.15) is 0 Å². The van der Waals surface area contributed by atoms with Gasteiger partial charge in [0.25, 0.3) is 0 Å². The highest BCUT2D eigenvalue weighted by Crippen LogP contribution is 2.15. The smallest absolute Gasteiger partial charge is 0.0200 e. The Labute approximate surface area is 77.4 Å². The van der Waals surface area contributed by atoms with E-state index in [-0.39, 0.29) is 0 Å². The molecule has 0 spiro atoms. The Morgan fingerprint density at radius 2 is 2.17 bits per heavy atom. The lowest BCUT2D eigenvalue weighted by molar-refractivity contribution is 0.758. The van der Waals surface area contributed by atoms with E-state index in [9.17, 15) is 0 Å². The Bertz CT molecular complexity index is 142. The summed E-state index contributed by atoms with van der Waals surface area (Å²) in [6.07, 6.45) is 10.0. The maximum atomic E-state index is 3.70. The SMILES string of the molecule is C=CC[CH]C(C)/C(C)=C\CCC. The van der Waals surface area contributed by atoms with Crippen LogP contribution in [0.1, 0.15) is 40.0 Å². The van der Waals surface area contributed by atoms with Gasteiger partial charge in [0, 0.05) is 0 Å². The molecule has 0 bridgehead atoms. The molecule has 0 fully saturated rings. The quantitative estimate of drug-likeness (QED) is 0.519. The molecule has 0 saturated heterocycles. The minimum Gasteiger partial charge on any atom is -0.103 e. The molecule has 0 aliphatic rings. The fourth-order valence-electron chi connectivity index (χ4n) is 1.04. The summed E-state index contributed by atoms with van der Waals surface area (Å²) in [7, 11) is 0. The summed E-state index contributed by atoms with van der Waals surface area (Å²) in [4.78, 5) is 0. The summed E-state index contributed by atoms with van der Waals surface area (Å²) in [5, 5.41) is 0. The first kappa shape index (κ1) is 11.5. The molecule has 1 unspecified atom stereocenters. The molecule has 0 nitrogen and oxygen atoms in total. The van der Waals surface area contributed by atoms with E-state index in [2.05, 4.69) is 39.8 Å². The van der Waals surface area contributed by atoms with Crippen LogP contribution in [-0.4, -0.2) is 0 Å². The summed E-state index contributed by atoms with van der Waals surface area (Å²) in [5.74, 6) is 0.606.